The summed E-state index contributed by atoms with van der Waals surface area (Å²) in [6, 6.07) is 12.8. The van der Waals surface area contributed by atoms with Gasteiger partial charge in [0.15, 0.2) is 0 Å². The molecule has 1 atom stereocenters. The Kier molecular flexibility index (Phi) is 5.51. The molecule has 30 heavy (non-hydrogen) atoms. The maximum atomic E-state index is 13.0. The molecule has 1 aliphatic rings. The van der Waals surface area contributed by atoms with Crippen LogP contribution >= 0.6 is 11.3 Å². The molecule has 1 aliphatic heterocycles. The standard InChI is InChI=1S/C22H19F3N2O2S/c1-29-18-7-5-14(6-8-18)16-9-10-27(12-16)21(28)19-13-30-20(26-19)15-3-2-4-17(11-15)22(23,24)25/h2-8,11,13,16H,9-10,12H2,1H3. The van der Waals surface area contributed by atoms with Gasteiger partial charge in [-0.15, -0.1) is 11.3 Å². The summed E-state index contributed by atoms with van der Waals surface area (Å²) in [5, 5.41) is 2.01. The highest BCUT2D eigenvalue weighted by molar-refractivity contribution is 7.13. The van der Waals surface area contributed by atoms with Crippen molar-refractivity contribution in [2.24, 2.45) is 0 Å². The van der Waals surface area contributed by atoms with Gasteiger partial charge in [-0.1, -0.05) is 24.3 Å². The number of carbonyl (C=O) groups is 1. The molecule has 1 saturated heterocycles. The molecule has 3 aromatic rings. The summed E-state index contributed by atoms with van der Waals surface area (Å²) in [7, 11) is 1.62. The van der Waals surface area contributed by atoms with Crippen molar-refractivity contribution < 1.29 is 22.7 Å². The zero-order chi connectivity index (χ0) is 21.3. The number of hydrogen-bond acceptors (Lipinski definition) is 4. The van der Waals surface area contributed by atoms with Crippen molar-refractivity contribution in [1.29, 1.82) is 0 Å². The van der Waals surface area contributed by atoms with E-state index in [0.717, 1.165) is 29.9 Å². The van der Waals surface area contributed by atoms with E-state index in [9.17, 15) is 18.0 Å². The summed E-state index contributed by atoms with van der Waals surface area (Å²) in [5.41, 5.74) is 1.04. The van der Waals surface area contributed by atoms with Crippen molar-refractivity contribution in [3.05, 3.63) is 70.7 Å². The van der Waals surface area contributed by atoms with Crippen LogP contribution in [0.3, 0.4) is 0 Å². The van der Waals surface area contributed by atoms with E-state index in [1.54, 1.807) is 23.5 Å². The lowest BCUT2D eigenvalue weighted by molar-refractivity contribution is -0.137. The van der Waals surface area contributed by atoms with Gasteiger partial charge in [0.25, 0.3) is 5.91 Å². The van der Waals surface area contributed by atoms with Crippen LogP contribution < -0.4 is 4.74 Å². The van der Waals surface area contributed by atoms with Gasteiger partial charge in [-0.05, 0) is 36.2 Å². The number of methoxy groups -OCH3 is 1. The van der Waals surface area contributed by atoms with Gasteiger partial charge in [0.05, 0.1) is 12.7 Å². The Morgan fingerprint density at radius 2 is 1.97 bits per heavy atom. The summed E-state index contributed by atoms with van der Waals surface area (Å²) in [5.74, 6) is 0.830. The van der Waals surface area contributed by atoms with Crippen LogP contribution in [0.15, 0.2) is 53.9 Å². The average Bonchev–Trinajstić information content (AvgIpc) is 3.43. The Labute approximate surface area is 175 Å². The predicted molar refractivity (Wildman–Crippen MR) is 109 cm³/mol. The van der Waals surface area contributed by atoms with E-state index in [-0.39, 0.29) is 17.5 Å². The summed E-state index contributed by atoms with van der Waals surface area (Å²) < 4.78 is 44.0. The van der Waals surface area contributed by atoms with E-state index >= 15 is 0 Å². The maximum absolute atomic E-state index is 13.0. The quantitative estimate of drug-likeness (QED) is 0.549. The van der Waals surface area contributed by atoms with Crippen LogP contribution in [0.4, 0.5) is 13.2 Å². The molecular formula is C22H19F3N2O2S. The molecule has 2 heterocycles. The first-order chi connectivity index (χ1) is 14.3. The van der Waals surface area contributed by atoms with Crippen molar-refractivity contribution in [3.63, 3.8) is 0 Å². The Morgan fingerprint density at radius 3 is 2.67 bits per heavy atom. The van der Waals surface area contributed by atoms with E-state index in [1.165, 1.54) is 17.4 Å². The highest BCUT2D eigenvalue weighted by Crippen LogP contribution is 2.34. The minimum Gasteiger partial charge on any atom is -0.497 e. The molecule has 156 valence electrons. The molecule has 0 spiro atoms. The normalized spacial score (nSPS) is 16.7. The first-order valence-corrected chi connectivity index (χ1v) is 10.3. The van der Waals surface area contributed by atoms with Gasteiger partial charge in [0, 0.05) is 30.0 Å². The molecule has 1 fully saturated rings. The Balaban J connectivity index is 1.47. The molecule has 2 aromatic carbocycles. The Bertz CT molecular complexity index is 1050. The van der Waals surface area contributed by atoms with Gasteiger partial charge in [-0.3, -0.25) is 4.79 Å². The molecule has 1 unspecified atom stereocenters. The second kappa shape index (κ2) is 8.10. The highest BCUT2D eigenvalue weighted by atomic mass is 32.1. The minimum atomic E-state index is -4.42. The lowest BCUT2D eigenvalue weighted by atomic mass is 9.98. The van der Waals surface area contributed by atoms with Crippen molar-refractivity contribution in [1.82, 2.24) is 9.88 Å². The van der Waals surface area contributed by atoms with Gasteiger partial charge >= 0.3 is 6.18 Å². The molecule has 0 aliphatic carbocycles. The number of likely N-dealkylation sites (tertiary alicyclic amines) is 1. The van der Waals surface area contributed by atoms with Crippen molar-refractivity contribution in [2.75, 3.05) is 20.2 Å². The smallest absolute Gasteiger partial charge is 0.416 e. The number of rotatable bonds is 4. The van der Waals surface area contributed by atoms with Gasteiger partial charge < -0.3 is 9.64 Å². The van der Waals surface area contributed by atoms with Crippen LogP contribution in [-0.2, 0) is 6.18 Å². The van der Waals surface area contributed by atoms with Crippen LogP contribution in [0.5, 0.6) is 5.75 Å². The molecule has 0 radical (unpaired) electrons. The molecule has 1 amide bonds. The molecule has 8 heteroatoms. The van der Waals surface area contributed by atoms with Crippen molar-refractivity contribution in [3.8, 4) is 16.3 Å². The first-order valence-electron chi connectivity index (χ1n) is 9.41. The third-order valence-electron chi connectivity index (χ3n) is 5.22. The lowest BCUT2D eigenvalue weighted by Gasteiger charge is -2.15. The number of carbonyl (C=O) groups excluding carboxylic acids is 1. The van der Waals surface area contributed by atoms with E-state index in [1.807, 2.05) is 24.3 Å². The fourth-order valence-corrected chi connectivity index (χ4v) is 4.38. The van der Waals surface area contributed by atoms with E-state index in [0.29, 0.717) is 23.7 Å². The topological polar surface area (TPSA) is 42.4 Å². The van der Waals surface area contributed by atoms with Crippen LogP contribution in [0, 0.1) is 0 Å². The zero-order valence-corrected chi connectivity index (χ0v) is 17.0. The first kappa shape index (κ1) is 20.4. The minimum absolute atomic E-state index is 0.194. The largest absolute Gasteiger partial charge is 0.497 e. The molecular weight excluding hydrogens is 413 g/mol. The third kappa shape index (κ3) is 4.18. The predicted octanol–water partition coefficient (Wildman–Crippen LogP) is 5.47. The van der Waals surface area contributed by atoms with Gasteiger partial charge in [-0.2, -0.15) is 13.2 Å². The van der Waals surface area contributed by atoms with Crippen LogP contribution in [0.1, 0.15) is 34.0 Å². The van der Waals surface area contributed by atoms with Crippen LogP contribution in [0.2, 0.25) is 0 Å². The lowest BCUT2D eigenvalue weighted by Crippen LogP contribution is -2.28. The second-order valence-corrected chi connectivity index (χ2v) is 7.98. The number of alkyl halides is 3. The van der Waals surface area contributed by atoms with Crippen molar-refractivity contribution >= 4 is 17.2 Å². The number of amides is 1. The Hall–Kier alpha value is -2.87. The maximum Gasteiger partial charge on any atom is 0.416 e. The van der Waals surface area contributed by atoms with E-state index in [4.69, 9.17) is 4.74 Å². The van der Waals surface area contributed by atoms with Crippen molar-refractivity contribution in [2.45, 2.75) is 18.5 Å². The van der Waals surface area contributed by atoms with E-state index < -0.39 is 11.7 Å². The highest BCUT2D eigenvalue weighted by Gasteiger charge is 2.31. The van der Waals surface area contributed by atoms with Gasteiger partial charge in [-0.25, -0.2) is 4.98 Å². The molecule has 0 saturated carbocycles. The molecule has 1 aromatic heterocycles. The van der Waals surface area contributed by atoms with Crippen LogP contribution in [-0.4, -0.2) is 36.0 Å². The number of halogens is 3. The van der Waals surface area contributed by atoms with Gasteiger partial charge in [0.1, 0.15) is 16.5 Å². The number of aromatic nitrogens is 1. The number of thiazole rings is 1. The third-order valence-corrected chi connectivity index (χ3v) is 6.11. The number of nitrogens with zero attached hydrogens (tertiary/aromatic N) is 2. The second-order valence-electron chi connectivity index (χ2n) is 7.13. The summed E-state index contributed by atoms with van der Waals surface area (Å²) >= 11 is 1.17. The van der Waals surface area contributed by atoms with E-state index in [2.05, 4.69) is 4.98 Å². The SMILES string of the molecule is COc1ccc(C2CCN(C(=O)c3csc(-c4cccc(C(F)(F)F)c4)n3)C2)cc1. The monoisotopic (exact) mass is 432 g/mol. The fourth-order valence-electron chi connectivity index (χ4n) is 3.59. The zero-order valence-electron chi connectivity index (χ0n) is 16.1. The fraction of sp³-hybridized carbons (Fsp3) is 0.273. The number of ether oxygens (including phenoxy) is 1. The van der Waals surface area contributed by atoms with Crippen LogP contribution in [0.25, 0.3) is 10.6 Å². The van der Waals surface area contributed by atoms with Gasteiger partial charge in [0.2, 0.25) is 0 Å². The summed E-state index contributed by atoms with van der Waals surface area (Å²) in [6.07, 6.45) is -3.57. The summed E-state index contributed by atoms with van der Waals surface area (Å²) in [4.78, 5) is 18.9. The summed E-state index contributed by atoms with van der Waals surface area (Å²) in [6.45, 7) is 1.20. The molecule has 0 N–H and O–H groups in total. The average molecular weight is 432 g/mol. The molecule has 4 rings (SSSR count). The number of benzene rings is 2. The molecule has 4 nitrogen and oxygen atoms in total. The number of hydrogen-bond donors (Lipinski definition) is 0. The molecule has 0 bridgehead atoms. The Morgan fingerprint density at radius 1 is 1.20 bits per heavy atom.